The van der Waals surface area contributed by atoms with Crippen LogP contribution in [0.1, 0.15) is 22.7 Å². The van der Waals surface area contributed by atoms with E-state index in [-0.39, 0.29) is 11.8 Å². The van der Waals surface area contributed by atoms with Gasteiger partial charge in [-0.15, -0.1) is 0 Å². The van der Waals surface area contributed by atoms with E-state index in [2.05, 4.69) is 58.3 Å². The number of fused-ring (bicyclic) bond motifs is 3. The lowest BCUT2D eigenvalue weighted by Gasteiger charge is -2.40. The van der Waals surface area contributed by atoms with E-state index in [0.717, 1.165) is 56.5 Å². The van der Waals surface area contributed by atoms with E-state index in [9.17, 15) is 5.11 Å². The number of rotatable bonds is 3. The van der Waals surface area contributed by atoms with Crippen LogP contribution in [0.15, 0.2) is 103 Å². The van der Waals surface area contributed by atoms with Crippen molar-refractivity contribution in [2.75, 3.05) is 23.3 Å². The van der Waals surface area contributed by atoms with Crippen molar-refractivity contribution in [3.05, 3.63) is 125 Å². The van der Waals surface area contributed by atoms with Gasteiger partial charge in [-0.1, -0.05) is 41.9 Å². The van der Waals surface area contributed by atoms with Gasteiger partial charge in [-0.2, -0.15) is 0 Å². The van der Waals surface area contributed by atoms with Crippen LogP contribution in [0.3, 0.4) is 0 Å². The standard InChI is InChI=1S/C32H25ClN2O3/c33-25-6-8-26(9-7-25)34-18-24-15-23(5-14-30(24)37-19-34)32-29-16-21-3-1-2-4-22(21)17-31(29)38-20-35(32)27-10-12-28(36)13-11-27/h1-17,32,36H,18-20H2. The zero-order valence-electron chi connectivity index (χ0n) is 20.5. The van der Waals surface area contributed by atoms with Crippen molar-refractivity contribution < 1.29 is 14.6 Å². The van der Waals surface area contributed by atoms with Gasteiger partial charge in [0, 0.05) is 34.1 Å². The minimum Gasteiger partial charge on any atom is -0.508 e. The molecule has 2 heterocycles. The molecule has 7 rings (SSSR count). The third kappa shape index (κ3) is 4.05. The smallest absolute Gasteiger partial charge is 0.162 e. The van der Waals surface area contributed by atoms with Gasteiger partial charge in [0.1, 0.15) is 17.2 Å². The molecule has 0 spiro atoms. The molecule has 1 N–H and O–H groups in total. The highest BCUT2D eigenvalue weighted by Crippen LogP contribution is 2.44. The summed E-state index contributed by atoms with van der Waals surface area (Å²) in [5.74, 6) is 2.03. The van der Waals surface area contributed by atoms with E-state index in [1.807, 2.05) is 42.5 Å². The highest BCUT2D eigenvalue weighted by atomic mass is 35.5. The third-order valence-corrected chi connectivity index (χ3v) is 7.61. The van der Waals surface area contributed by atoms with Crippen molar-refractivity contribution in [3.63, 3.8) is 0 Å². The number of nitrogens with zero attached hydrogens (tertiary/aromatic N) is 2. The summed E-state index contributed by atoms with van der Waals surface area (Å²) >= 11 is 6.11. The van der Waals surface area contributed by atoms with E-state index in [4.69, 9.17) is 21.1 Å². The van der Waals surface area contributed by atoms with Gasteiger partial charge in [0.15, 0.2) is 13.5 Å². The van der Waals surface area contributed by atoms with Crippen LogP contribution in [0.4, 0.5) is 11.4 Å². The van der Waals surface area contributed by atoms with E-state index in [1.54, 1.807) is 12.1 Å². The number of ether oxygens (including phenoxy) is 2. The number of benzene rings is 5. The number of phenolic OH excluding ortho intramolecular Hbond substituents is 1. The fraction of sp³-hybridized carbons (Fsp3) is 0.125. The van der Waals surface area contributed by atoms with Gasteiger partial charge < -0.3 is 24.4 Å². The maximum absolute atomic E-state index is 9.90. The van der Waals surface area contributed by atoms with Crippen molar-refractivity contribution in [2.24, 2.45) is 0 Å². The fourth-order valence-corrected chi connectivity index (χ4v) is 5.56. The molecule has 0 aromatic heterocycles. The second-order valence-corrected chi connectivity index (χ2v) is 10.2. The SMILES string of the molecule is Oc1ccc(N2COc3cc4ccccc4cc3C2c2ccc3c(c2)CN(c2ccc(Cl)cc2)CO3)cc1. The number of halogens is 1. The van der Waals surface area contributed by atoms with Crippen LogP contribution in [-0.2, 0) is 6.54 Å². The lowest BCUT2D eigenvalue weighted by atomic mass is 9.91. The average molecular weight is 521 g/mol. The van der Waals surface area contributed by atoms with Crippen molar-refractivity contribution in [3.8, 4) is 17.2 Å². The molecule has 5 nitrogen and oxygen atoms in total. The molecule has 188 valence electrons. The Hall–Kier alpha value is -4.35. The fourth-order valence-electron chi connectivity index (χ4n) is 5.43. The first-order valence-corrected chi connectivity index (χ1v) is 13.0. The molecule has 38 heavy (non-hydrogen) atoms. The molecule has 6 heteroatoms. The molecule has 0 saturated carbocycles. The predicted molar refractivity (Wildman–Crippen MR) is 151 cm³/mol. The van der Waals surface area contributed by atoms with Gasteiger partial charge in [0.2, 0.25) is 0 Å². The molecular formula is C32H25ClN2O3. The average Bonchev–Trinajstić information content (AvgIpc) is 2.96. The van der Waals surface area contributed by atoms with E-state index in [0.29, 0.717) is 13.5 Å². The Morgan fingerprint density at radius 1 is 0.711 bits per heavy atom. The first-order valence-electron chi connectivity index (χ1n) is 12.6. The van der Waals surface area contributed by atoms with Gasteiger partial charge in [-0.25, -0.2) is 0 Å². The van der Waals surface area contributed by atoms with Crippen molar-refractivity contribution in [1.82, 2.24) is 0 Å². The number of phenols is 1. The zero-order chi connectivity index (χ0) is 25.6. The minimum absolute atomic E-state index is 0.0795. The molecule has 1 atom stereocenters. The Kier molecular flexibility index (Phi) is 5.52. The number of anilines is 2. The van der Waals surface area contributed by atoms with Crippen molar-refractivity contribution in [1.29, 1.82) is 0 Å². The van der Waals surface area contributed by atoms with Gasteiger partial charge in [-0.05, 0) is 89.1 Å². The van der Waals surface area contributed by atoms with Crippen molar-refractivity contribution >= 4 is 33.7 Å². The highest BCUT2D eigenvalue weighted by molar-refractivity contribution is 6.30. The molecule has 5 aromatic rings. The number of hydrogen-bond donors (Lipinski definition) is 1. The maximum Gasteiger partial charge on any atom is 0.162 e. The summed E-state index contributed by atoms with van der Waals surface area (Å²) in [6.45, 7) is 1.61. The molecule has 0 saturated heterocycles. The van der Waals surface area contributed by atoms with Crippen LogP contribution in [0.2, 0.25) is 5.02 Å². The summed E-state index contributed by atoms with van der Waals surface area (Å²) in [5, 5.41) is 12.9. The first-order chi connectivity index (χ1) is 18.6. The summed E-state index contributed by atoms with van der Waals surface area (Å²) in [5.41, 5.74) is 5.43. The quantitative estimate of drug-likeness (QED) is 0.267. The lowest BCUT2D eigenvalue weighted by Crippen LogP contribution is -2.37. The van der Waals surface area contributed by atoms with E-state index >= 15 is 0 Å². The molecule has 2 aliphatic heterocycles. The van der Waals surface area contributed by atoms with Crippen LogP contribution >= 0.6 is 11.6 Å². The molecule has 2 aliphatic rings. The van der Waals surface area contributed by atoms with E-state index < -0.39 is 0 Å². The number of aromatic hydroxyl groups is 1. The summed E-state index contributed by atoms with van der Waals surface area (Å²) < 4.78 is 12.4. The maximum atomic E-state index is 9.90. The summed E-state index contributed by atoms with van der Waals surface area (Å²) in [4.78, 5) is 4.44. The normalized spacial score (nSPS) is 16.4. The third-order valence-electron chi connectivity index (χ3n) is 7.35. The molecule has 5 aromatic carbocycles. The molecule has 0 radical (unpaired) electrons. The predicted octanol–water partition coefficient (Wildman–Crippen LogP) is 7.50. The Morgan fingerprint density at radius 2 is 1.42 bits per heavy atom. The molecule has 0 aliphatic carbocycles. The summed E-state index contributed by atoms with van der Waals surface area (Å²) in [7, 11) is 0. The van der Waals surface area contributed by atoms with Crippen LogP contribution in [0.5, 0.6) is 17.2 Å². The summed E-state index contributed by atoms with van der Waals surface area (Å²) in [6.07, 6.45) is 0. The van der Waals surface area contributed by atoms with Gasteiger partial charge in [0.25, 0.3) is 0 Å². The Balaban J connectivity index is 1.33. The van der Waals surface area contributed by atoms with Crippen LogP contribution in [-0.4, -0.2) is 18.6 Å². The summed E-state index contributed by atoms with van der Waals surface area (Å²) in [6, 6.07) is 34.3. The van der Waals surface area contributed by atoms with Crippen molar-refractivity contribution in [2.45, 2.75) is 12.6 Å². The molecule has 0 amide bonds. The Labute approximate surface area is 226 Å². The molecule has 0 bridgehead atoms. The van der Waals surface area contributed by atoms with E-state index in [1.165, 1.54) is 5.39 Å². The molecular weight excluding hydrogens is 496 g/mol. The Morgan fingerprint density at radius 3 is 2.21 bits per heavy atom. The number of hydrogen-bond acceptors (Lipinski definition) is 5. The van der Waals surface area contributed by atoms with Crippen LogP contribution in [0.25, 0.3) is 10.8 Å². The molecule has 1 unspecified atom stereocenters. The Bertz CT molecular complexity index is 1640. The largest absolute Gasteiger partial charge is 0.508 e. The first kappa shape index (κ1) is 22.8. The van der Waals surface area contributed by atoms with Gasteiger partial charge >= 0.3 is 0 Å². The second kappa shape index (κ2) is 9.19. The van der Waals surface area contributed by atoms with Gasteiger partial charge in [0.05, 0.1) is 6.04 Å². The van der Waals surface area contributed by atoms with Crippen LogP contribution < -0.4 is 19.3 Å². The van der Waals surface area contributed by atoms with Gasteiger partial charge in [-0.3, -0.25) is 0 Å². The van der Waals surface area contributed by atoms with Crippen LogP contribution in [0, 0.1) is 0 Å². The topological polar surface area (TPSA) is 45.2 Å². The molecule has 0 fully saturated rings. The monoisotopic (exact) mass is 520 g/mol. The minimum atomic E-state index is -0.0795. The lowest BCUT2D eigenvalue weighted by molar-refractivity contribution is 0.277. The second-order valence-electron chi connectivity index (χ2n) is 9.71. The zero-order valence-corrected chi connectivity index (χ0v) is 21.3. The highest BCUT2D eigenvalue weighted by Gasteiger charge is 2.32.